The van der Waals surface area contributed by atoms with E-state index in [1.54, 1.807) is 12.1 Å². The van der Waals surface area contributed by atoms with Crippen molar-refractivity contribution < 1.29 is 98.0 Å². The molecular weight excluding hydrogens is 1910 g/mol. The van der Waals surface area contributed by atoms with E-state index in [1.807, 2.05) is 73.7 Å². The van der Waals surface area contributed by atoms with Crippen LogP contribution in [-0.4, -0.2) is 11.5 Å². The molecule has 5 aliphatic rings. The summed E-state index contributed by atoms with van der Waals surface area (Å²) in [7, 11) is 0. The summed E-state index contributed by atoms with van der Waals surface area (Å²) >= 11 is 0. The fourth-order valence-corrected chi connectivity index (χ4v) is 22.4. The minimum absolute atomic E-state index is 0.00494. The average Bonchev–Trinajstić information content (AvgIpc) is 0.771. The number of halogens is 19. The van der Waals surface area contributed by atoms with Crippen LogP contribution in [0.3, 0.4) is 0 Å². The van der Waals surface area contributed by atoms with Crippen LogP contribution in [0.5, 0.6) is 17.2 Å². The summed E-state index contributed by atoms with van der Waals surface area (Å²) in [5.74, 6) is -12.7. The molecule has 3 nitrogen and oxygen atoms in total. The smallest absolute Gasteiger partial charge is 0.507 e. The van der Waals surface area contributed by atoms with Gasteiger partial charge < -0.3 is 14.6 Å². The van der Waals surface area contributed by atoms with E-state index in [0.29, 0.717) is 52.3 Å². The Labute approximate surface area is 854 Å². The summed E-state index contributed by atoms with van der Waals surface area (Å²) in [6.07, 6.45) is 25.9. The Hall–Kier alpha value is -11.3. The number of hydrogen-bond donors (Lipinski definition) is 1. The Bertz CT molecular complexity index is 6210. The summed E-state index contributed by atoms with van der Waals surface area (Å²) < 4.78 is 268. The van der Waals surface area contributed by atoms with Crippen LogP contribution in [0.4, 0.5) is 83.4 Å². The Morgan fingerprint density at radius 1 is 0.272 bits per heavy atom. The van der Waals surface area contributed by atoms with E-state index in [9.17, 15) is 88.5 Å². The Kier molecular flexibility index (Phi) is 38.7. The summed E-state index contributed by atoms with van der Waals surface area (Å²) in [5.41, 5.74) is 10.5. The molecule has 12 aromatic rings. The summed E-state index contributed by atoms with van der Waals surface area (Å²) in [6, 6.07) is 52.4. The second-order valence-electron chi connectivity index (χ2n) is 43.1. The molecule has 0 heterocycles. The molecule has 0 radical (unpaired) electrons. The van der Waals surface area contributed by atoms with Gasteiger partial charge in [0.15, 0.2) is 52.4 Å². The molecule has 0 unspecified atom stereocenters. The molecule has 0 atom stereocenters. The van der Waals surface area contributed by atoms with Gasteiger partial charge in [0.05, 0.1) is 0 Å². The molecule has 5 saturated carbocycles. The lowest BCUT2D eigenvalue weighted by Crippen LogP contribution is -2.25. The quantitative estimate of drug-likeness (QED) is 0.0512. The van der Waals surface area contributed by atoms with Gasteiger partial charge in [-0.15, -0.1) is 13.2 Å². The van der Waals surface area contributed by atoms with E-state index in [0.717, 1.165) is 155 Å². The van der Waals surface area contributed by atoms with Gasteiger partial charge in [-0.2, -0.15) is 8.78 Å². The minimum atomic E-state index is -4.74. The van der Waals surface area contributed by atoms with E-state index in [-0.39, 0.29) is 62.1 Å². The van der Waals surface area contributed by atoms with E-state index in [4.69, 9.17) is 0 Å². The molecule has 22 heteroatoms. The molecule has 786 valence electrons. The highest BCUT2D eigenvalue weighted by atomic mass is 19.4. The molecule has 5 fully saturated rings. The predicted molar refractivity (Wildman–Crippen MR) is 549 cm³/mol. The van der Waals surface area contributed by atoms with Crippen LogP contribution in [0.1, 0.15) is 305 Å². The van der Waals surface area contributed by atoms with Gasteiger partial charge in [-0.05, 0) is 328 Å². The van der Waals surface area contributed by atoms with Crippen LogP contribution in [0.15, 0.2) is 212 Å². The molecular formula is C125H135F19O3. The zero-order valence-electron chi connectivity index (χ0n) is 85.7. The number of aryl methyl sites for hydroxylation is 2. The van der Waals surface area contributed by atoms with Crippen molar-refractivity contribution in [2.75, 3.05) is 0 Å². The molecule has 0 saturated heterocycles. The lowest BCUT2D eigenvalue weighted by atomic mass is 9.68. The van der Waals surface area contributed by atoms with Crippen molar-refractivity contribution >= 4 is 0 Å². The van der Waals surface area contributed by atoms with Gasteiger partial charge in [0, 0.05) is 28.8 Å². The van der Waals surface area contributed by atoms with E-state index in [1.165, 1.54) is 195 Å². The zero-order valence-corrected chi connectivity index (χ0v) is 85.7. The number of alkyl halides is 5. The highest BCUT2D eigenvalue weighted by molar-refractivity contribution is 5.75. The number of phenolic OH excluding ortho intramolecular Hbond substituents is 1. The maximum atomic E-state index is 14.9. The molecule has 0 spiro atoms. The highest BCUT2D eigenvalue weighted by Crippen LogP contribution is 2.51. The molecule has 0 aromatic heterocycles. The predicted octanol–water partition coefficient (Wildman–Crippen LogP) is 39.7. The van der Waals surface area contributed by atoms with Gasteiger partial charge in [0.1, 0.15) is 51.9 Å². The third kappa shape index (κ3) is 29.9. The van der Waals surface area contributed by atoms with Crippen LogP contribution in [0.25, 0.3) is 66.8 Å². The van der Waals surface area contributed by atoms with Crippen LogP contribution in [-0.2, 0) is 29.8 Å². The second-order valence-corrected chi connectivity index (χ2v) is 43.1. The number of benzene rings is 12. The van der Waals surface area contributed by atoms with Crippen molar-refractivity contribution in [2.24, 2.45) is 41.4 Å². The lowest BCUT2D eigenvalue weighted by molar-refractivity contribution is -0.274. The molecule has 147 heavy (non-hydrogen) atoms. The minimum Gasteiger partial charge on any atom is -0.507 e. The first-order chi connectivity index (χ1) is 69.8. The number of hydrogen-bond acceptors (Lipinski definition) is 3. The van der Waals surface area contributed by atoms with Crippen LogP contribution < -0.4 is 9.47 Å². The summed E-state index contributed by atoms with van der Waals surface area (Å²) in [6.45, 7) is 24.3. The van der Waals surface area contributed by atoms with E-state index >= 15 is 0 Å². The second kappa shape index (κ2) is 50.3. The van der Waals surface area contributed by atoms with Crippen molar-refractivity contribution in [2.45, 2.75) is 297 Å². The third-order valence-electron chi connectivity index (χ3n) is 30.6. The van der Waals surface area contributed by atoms with Gasteiger partial charge in [0.2, 0.25) is 0 Å². The first-order valence-electron chi connectivity index (χ1n) is 52.3. The molecule has 17 rings (SSSR count). The Morgan fingerprint density at radius 2 is 0.565 bits per heavy atom. The molecule has 1 N–H and O–H groups in total. The Morgan fingerprint density at radius 3 is 0.905 bits per heavy atom. The van der Waals surface area contributed by atoms with Gasteiger partial charge in [-0.1, -0.05) is 287 Å². The third-order valence-corrected chi connectivity index (χ3v) is 30.6. The van der Waals surface area contributed by atoms with Crippen molar-refractivity contribution in [1.29, 1.82) is 0 Å². The highest BCUT2D eigenvalue weighted by Gasteiger charge is 2.43. The number of rotatable bonds is 23. The number of ether oxygens (including phenoxy) is 2. The number of phenols is 1. The Balaban J connectivity index is 0.000000155. The van der Waals surface area contributed by atoms with Crippen molar-refractivity contribution in [3.63, 3.8) is 0 Å². The average molecular weight is 2050 g/mol. The fraction of sp³-hybridized carbons (Fsp3) is 0.424. The monoisotopic (exact) mass is 2050 g/mol. The summed E-state index contributed by atoms with van der Waals surface area (Å²) in [4.78, 5) is 0. The van der Waals surface area contributed by atoms with Crippen molar-refractivity contribution in [3.05, 3.63) is 338 Å². The normalized spacial score (nSPS) is 19.7. The van der Waals surface area contributed by atoms with Crippen LogP contribution >= 0.6 is 0 Å². The summed E-state index contributed by atoms with van der Waals surface area (Å²) in [5, 5.41) is 10.8. The lowest BCUT2D eigenvalue weighted by Gasteiger charge is -2.38. The van der Waals surface area contributed by atoms with Gasteiger partial charge in [0.25, 0.3) is 0 Å². The maximum Gasteiger partial charge on any atom is 0.573 e. The molecule has 0 amide bonds. The first-order valence-corrected chi connectivity index (χ1v) is 52.3. The number of aromatic hydroxyl groups is 1. The molecule has 12 aromatic carbocycles. The largest absolute Gasteiger partial charge is 0.573 e. The van der Waals surface area contributed by atoms with Crippen molar-refractivity contribution in [3.8, 4) is 84.0 Å². The maximum absolute atomic E-state index is 14.9. The molecule has 0 aliphatic heterocycles. The van der Waals surface area contributed by atoms with E-state index < -0.39 is 105 Å². The topological polar surface area (TPSA) is 38.7 Å². The van der Waals surface area contributed by atoms with E-state index in [2.05, 4.69) is 115 Å². The van der Waals surface area contributed by atoms with Gasteiger partial charge in [-0.3, -0.25) is 0 Å². The fourth-order valence-electron chi connectivity index (χ4n) is 22.4. The van der Waals surface area contributed by atoms with Gasteiger partial charge in [-0.25, -0.2) is 61.5 Å². The van der Waals surface area contributed by atoms with Gasteiger partial charge >= 0.3 is 12.5 Å². The first kappa shape index (κ1) is 113. The standard InChI is InChI=1S/C28H18F8O.C27H32F4.C27H20F4.C22H31F3O.C21H34O/c1-2-3-15-4-6-16(7-5-15)17-8-9-20(21(29)10-17)18-11-22(30)26(23(31)12-18)28(35,36)37-19-13-24(32)27(34)25(33)14-19;2*1-2-3-17-4-6-18(7-5-17)19-8-10-20(11-9-19)21-12-13-23(24(28)14-21)22-15-25(29)27(31)26(30)16-22;1-2-3-16-4-6-17(7-5-16)18-8-10-19(11-9-18)20-12-14-21(15-13-20)26-22(23,24)25;1-14-8-10-15(11-9-14)16-12-17(20(2,3)4)19(22)18(13-16)21(5,6)7/h4-14H,2-3H2,1H3;12-20H,2-11H2,1H3;4-16H,2-3H2,1H3;12-19H,2-11H2,1H3;12-15,22H,8-11H2,1-7H3. The SMILES string of the molecule is CC1CCC(c2cc(C(C)(C)C)c(O)c(C(C)(C)C)c2)CC1.CCCC1CCC(C2CCC(c3ccc(-c4cc(F)c(F)c(F)c4)c(F)c3)CC2)CC1.CCCC1CCC(C2CCC(c3ccc(OC(F)(F)F)cc3)CC2)CC1.CCCc1ccc(-c2ccc(-c3cc(F)c(C(F)(F)Oc4cc(F)c(F)c(F)c4)c(F)c3)c(F)c2)cc1.CCCc1ccc(-c2ccc(-c3ccc(-c4cc(F)c(F)c(F)c4)c(F)c3)cc2)cc1. The molecule has 0 bridgehead atoms. The van der Waals surface area contributed by atoms with Crippen LogP contribution in [0.2, 0.25) is 0 Å². The zero-order chi connectivity index (χ0) is 106. The molecule has 5 aliphatic carbocycles. The van der Waals surface area contributed by atoms with Crippen molar-refractivity contribution in [1.82, 2.24) is 0 Å². The van der Waals surface area contributed by atoms with Crippen LogP contribution in [0, 0.1) is 123 Å².